The van der Waals surface area contributed by atoms with Crippen molar-refractivity contribution in [2.24, 2.45) is 0 Å². The Morgan fingerprint density at radius 2 is 1.95 bits per heavy atom. The van der Waals surface area contributed by atoms with Gasteiger partial charge < -0.3 is 10.6 Å². The number of carbonyl (C=O) groups excluding carboxylic acids is 1. The number of nitriles is 1. The lowest BCUT2D eigenvalue weighted by Gasteiger charge is -2.08. The number of nitrogens with zero attached hydrogens (tertiary/aromatic N) is 1. The minimum atomic E-state index is -0.293. The van der Waals surface area contributed by atoms with Crippen LogP contribution in [0, 0.1) is 17.1 Å². The molecule has 1 amide bonds. The van der Waals surface area contributed by atoms with Crippen molar-refractivity contribution in [2.45, 2.75) is 13.0 Å². The molecule has 4 nitrogen and oxygen atoms in total. The minimum absolute atomic E-state index is 0.0896. The van der Waals surface area contributed by atoms with Crippen LogP contribution in [0.3, 0.4) is 0 Å². The second kappa shape index (κ2) is 7.79. The molecule has 0 fully saturated rings. The molecule has 0 bridgehead atoms. The van der Waals surface area contributed by atoms with Gasteiger partial charge in [-0.1, -0.05) is 18.2 Å². The number of carbonyl (C=O) groups is 1. The van der Waals surface area contributed by atoms with Crippen LogP contribution < -0.4 is 10.6 Å². The lowest BCUT2D eigenvalue weighted by Crippen LogP contribution is -2.24. The van der Waals surface area contributed by atoms with Crippen molar-refractivity contribution in [3.63, 3.8) is 0 Å². The molecule has 2 aromatic rings. The molecule has 0 unspecified atom stereocenters. The standard InChI is InChI=1S/C17H16FN3O/c18-15-6-4-13(5-7-15)12-21-17(22)8-9-20-16-3-1-2-14(10-16)11-19/h1-7,10,20H,8-9,12H2,(H,21,22). The molecule has 0 heterocycles. The van der Waals surface area contributed by atoms with Crippen molar-refractivity contribution in [3.8, 4) is 6.07 Å². The highest BCUT2D eigenvalue weighted by molar-refractivity contribution is 5.76. The number of benzene rings is 2. The Morgan fingerprint density at radius 1 is 1.18 bits per heavy atom. The first-order chi connectivity index (χ1) is 10.7. The molecule has 112 valence electrons. The van der Waals surface area contributed by atoms with Crippen molar-refractivity contribution < 1.29 is 9.18 Å². The van der Waals surface area contributed by atoms with Gasteiger partial charge in [-0.15, -0.1) is 0 Å². The van der Waals surface area contributed by atoms with Crippen LogP contribution in [0.25, 0.3) is 0 Å². The summed E-state index contributed by atoms with van der Waals surface area (Å²) in [6.45, 7) is 0.854. The van der Waals surface area contributed by atoms with Crippen molar-refractivity contribution in [3.05, 3.63) is 65.5 Å². The Labute approximate surface area is 128 Å². The first-order valence-corrected chi connectivity index (χ1v) is 6.92. The maximum Gasteiger partial charge on any atom is 0.222 e. The molecule has 0 saturated heterocycles. The highest BCUT2D eigenvalue weighted by Crippen LogP contribution is 2.09. The first-order valence-electron chi connectivity index (χ1n) is 6.92. The third kappa shape index (κ3) is 4.91. The van der Waals surface area contributed by atoms with E-state index in [0.29, 0.717) is 25.1 Å². The fourth-order valence-electron chi connectivity index (χ4n) is 1.91. The first kappa shape index (κ1) is 15.5. The molecule has 0 aliphatic carbocycles. The average Bonchev–Trinajstić information content (AvgIpc) is 2.54. The lowest BCUT2D eigenvalue weighted by molar-refractivity contribution is -0.121. The summed E-state index contributed by atoms with van der Waals surface area (Å²) in [5, 5.41) is 14.7. The molecule has 0 spiro atoms. The van der Waals surface area contributed by atoms with Crippen LogP contribution in [-0.4, -0.2) is 12.5 Å². The summed E-state index contributed by atoms with van der Waals surface area (Å²) < 4.78 is 12.8. The maximum absolute atomic E-state index is 12.8. The van der Waals surface area contributed by atoms with Crippen molar-refractivity contribution in [2.75, 3.05) is 11.9 Å². The summed E-state index contributed by atoms with van der Waals surface area (Å²) in [6, 6.07) is 15.2. The Bertz CT molecular complexity index is 677. The molecule has 2 N–H and O–H groups in total. The molecule has 0 aromatic heterocycles. The van der Waals surface area contributed by atoms with Gasteiger partial charge in [-0.3, -0.25) is 4.79 Å². The molecular weight excluding hydrogens is 281 g/mol. The molecule has 0 radical (unpaired) electrons. The molecular formula is C17H16FN3O. The normalized spacial score (nSPS) is 9.82. The lowest BCUT2D eigenvalue weighted by atomic mass is 10.2. The van der Waals surface area contributed by atoms with Gasteiger partial charge >= 0.3 is 0 Å². The molecule has 0 aliphatic heterocycles. The molecule has 0 atom stereocenters. The molecule has 22 heavy (non-hydrogen) atoms. The van der Waals surface area contributed by atoms with Crippen LogP contribution in [0.15, 0.2) is 48.5 Å². The van der Waals surface area contributed by atoms with Crippen molar-refractivity contribution >= 4 is 11.6 Å². The van der Waals surface area contributed by atoms with Crippen LogP contribution >= 0.6 is 0 Å². The number of rotatable bonds is 6. The number of nitrogens with one attached hydrogen (secondary N) is 2. The number of halogens is 1. The van der Waals surface area contributed by atoms with Crippen LogP contribution in [-0.2, 0) is 11.3 Å². The summed E-state index contributed by atoms with van der Waals surface area (Å²) in [7, 11) is 0. The van der Waals surface area contributed by atoms with Crippen molar-refractivity contribution in [1.29, 1.82) is 5.26 Å². The predicted molar refractivity (Wildman–Crippen MR) is 82.5 cm³/mol. The summed E-state index contributed by atoms with van der Waals surface area (Å²) in [5.41, 5.74) is 2.24. The minimum Gasteiger partial charge on any atom is -0.384 e. The molecule has 2 rings (SSSR count). The monoisotopic (exact) mass is 297 g/mol. The quantitative estimate of drug-likeness (QED) is 0.861. The van der Waals surface area contributed by atoms with E-state index >= 15 is 0 Å². The molecule has 5 heteroatoms. The van der Waals surface area contributed by atoms with Crippen LogP contribution in [0.5, 0.6) is 0 Å². The molecule has 0 saturated carbocycles. The second-order valence-electron chi connectivity index (χ2n) is 4.77. The van der Waals surface area contributed by atoms with Crippen LogP contribution in [0.1, 0.15) is 17.5 Å². The number of amides is 1. The average molecular weight is 297 g/mol. The highest BCUT2D eigenvalue weighted by Gasteiger charge is 2.02. The Morgan fingerprint density at radius 3 is 2.68 bits per heavy atom. The Hall–Kier alpha value is -2.87. The third-order valence-electron chi connectivity index (χ3n) is 3.08. The van der Waals surface area contributed by atoms with Crippen LogP contribution in [0.2, 0.25) is 0 Å². The van der Waals surface area contributed by atoms with E-state index < -0.39 is 0 Å². The Kier molecular flexibility index (Phi) is 5.50. The summed E-state index contributed by atoms with van der Waals surface area (Å²) in [4.78, 5) is 11.7. The SMILES string of the molecule is N#Cc1cccc(NCCC(=O)NCc2ccc(F)cc2)c1. The van der Waals surface area contributed by atoms with E-state index in [-0.39, 0.29) is 11.7 Å². The zero-order valence-corrected chi connectivity index (χ0v) is 12.0. The topological polar surface area (TPSA) is 64.9 Å². The van der Waals surface area contributed by atoms with Gasteiger partial charge in [0.15, 0.2) is 0 Å². The number of hydrogen-bond donors (Lipinski definition) is 2. The van der Waals surface area contributed by atoms with Gasteiger partial charge in [0.2, 0.25) is 5.91 Å². The number of anilines is 1. The van der Waals surface area contributed by atoms with Gasteiger partial charge in [0, 0.05) is 25.2 Å². The number of hydrogen-bond acceptors (Lipinski definition) is 3. The predicted octanol–water partition coefficient (Wildman–Crippen LogP) is 2.82. The highest BCUT2D eigenvalue weighted by atomic mass is 19.1. The fourth-order valence-corrected chi connectivity index (χ4v) is 1.91. The second-order valence-corrected chi connectivity index (χ2v) is 4.77. The van der Waals surface area contributed by atoms with Gasteiger partial charge in [0.05, 0.1) is 11.6 Å². The van der Waals surface area contributed by atoms with E-state index in [9.17, 15) is 9.18 Å². The summed E-state index contributed by atoms with van der Waals surface area (Å²) in [6.07, 6.45) is 0.317. The van der Waals surface area contributed by atoms with E-state index in [1.165, 1.54) is 12.1 Å². The molecule has 0 aliphatic rings. The largest absolute Gasteiger partial charge is 0.384 e. The summed E-state index contributed by atoms with van der Waals surface area (Å²) >= 11 is 0. The maximum atomic E-state index is 12.8. The van der Waals surface area contributed by atoms with E-state index in [1.54, 1.807) is 30.3 Å². The Balaban J connectivity index is 1.71. The van der Waals surface area contributed by atoms with Crippen molar-refractivity contribution in [1.82, 2.24) is 5.32 Å². The zero-order chi connectivity index (χ0) is 15.8. The fraction of sp³-hybridized carbons (Fsp3) is 0.176. The van der Waals surface area contributed by atoms with Gasteiger partial charge in [0.1, 0.15) is 5.82 Å². The summed E-state index contributed by atoms with van der Waals surface area (Å²) in [5.74, 6) is -0.382. The zero-order valence-electron chi connectivity index (χ0n) is 12.0. The third-order valence-corrected chi connectivity index (χ3v) is 3.08. The van der Waals surface area contributed by atoms with E-state index in [1.807, 2.05) is 6.07 Å². The molecule has 2 aromatic carbocycles. The van der Waals surface area contributed by atoms with E-state index in [2.05, 4.69) is 16.7 Å². The van der Waals surface area contributed by atoms with Gasteiger partial charge in [-0.2, -0.15) is 5.26 Å². The van der Waals surface area contributed by atoms with Gasteiger partial charge in [0.25, 0.3) is 0 Å². The van der Waals surface area contributed by atoms with E-state index in [4.69, 9.17) is 5.26 Å². The smallest absolute Gasteiger partial charge is 0.222 e. The van der Waals surface area contributed by atoms with E-state index in [0.717, 1.165) is 11.3 Å². The van der Waals surface area contributed by atoms with Crippen LogP contribution in [0.4, 0.5) is 10.1 Å². The van der Waals surface area contributed by atoms with Gasteiger partial charge in [-0.05, 0) is 35.9 Å². The van der Waals surface area contributed by atoms with Gasteiger partial charge in [-0.25, -0.2) is 4.39 Å².